The lowest BCUT2D eigenvalue weighted by Gasteiger charge is -2.58. The molecule has 6 atom stereocenters. The summed E-state index contributed by atoms with van der Waals surface area (Å²) in [7, 11) is 0. The molecule has 0 amide bonds. The number of carbonyl (C=O) groups is 1. The second-order valence-corrected chi connectivity index (χ2v) is 9.41. The fourth-order valence-electron chi connectivity index (χ4n) is 7.01. The van der Waals surface area contributed by atoms with Crippen LogP contribution in [-0.4, -0.2) is 5.78 Å². The van der Waals surface area contributed by atoms with Gasteiger partial charge in [0.05, 0.1) is 11.5 Å². The first-order chi connectivity index (χ1) is 10.8. The van der Waals surface area contributed by atoms with E-state index in [-0.39, 0.29) is 16.2 Å². The molecule has 0 aliphatic heterocycles. The SMILES string of the molecule is C[C@]12CCC(=O)C=C1CC[C@@H]1[C@@H]2CC[C@@]2(C)[C@H]1CC[C@]2(C)C#N. The Bertz CT molecular complexity index is 628. The van der Waals surface area contributed by atoms with Gasteiger partial charge in [0.1, 0.15) is 0 Å². The van der Waals surface area contributed by atoms with Crippen LogP contribution in [0.2, 0.25) is 0 Å². The number of hydrogen-bond acceptors (Lipinski definition) is 2. The van der Waals surface area contributed by atoms with E-state index in [1.54, 1.807) is 0 Å². The molecule has 3 saturated carbocycles. The maximum atomic E-state index is 11.9. The summed E-state index contributed by atoms with van der Waals surface area (Å²) >= 11 is 0. The van der Waals surface area contributed by atoms with Gasteiger partial charge in [-0.15, -0.1) is 0 Å². The Kier molecular flexibility index (Phi) is 3.16. The topological polar surface area (TPSA) is 40.9 Å². The van der Waals surface area contributed by atoms with Gasteiger partial charge in [0.15, 0.2) is 5.78 Å². The lowest BCUT2D eigenvalue weighted by molar-refractivity contribution is -0.117. The van der Waals surface area contributed by atoms with Crippen molar-refractivity contribution < 1.29 is 4.79 Å². The first kappa shape index (κ1) is 15.4. The fraction of sp³-hybridized carbons (Fsp3) is 0.810. The minimum atomic E-state index is -0.137. The van der Waals surface area contributed by atoms with Crippen LogP contribution in [0.4, 0.5) is 0 Å². The summed E-state index contributed by atoms with van der Waals surface area (Å²) in [5, 5.41) is 9.80. The van der Waals surface area contributed by atoms with Crippen molar-refractivity contribution in [2.24, 2.45) is 34.0 Å². The Morgan fingerprint density at radius 2 is 1.78 bits per heavy atom. The highest BCUT2D eigenvalue weighted by molar-refractivity contribution is 5.91. The van der Waals surface area contributed by atoms with E-state index in [9.17, 15) is 10.1 Å². The normalized spacial score (nSPS) is 52.0. The molecule has 0 heterocycles. The number of hydrogen-bond donors (Lipinski definition) is 0. The van der Waals surface area contributed by atoms with Crippen LogP contribution in [0.3, 0.4) is 0 Å². The maximum Gasteiger partial charge on any atom is 0.155 e. The number of nitriles is 1. The highest BCUT2D eigenvalue weighted by atomic mass is 16.1. The van der Waals surface area contributed by atoms with E-state index in [1.807, 2.05) is 6.08 Å². The molecule has 4 aliphatic carbocycles. The summed E-state index contributed by atoms with van der Waals surface area (Å²) in [6, 6.07) is 2.69. The van der Waals surface area contributed by atoms with Gasteiger partial charge in [0, 0.05) is 6.42 Å². The monoisotopic (exact) mass is 311 g/mol. The van der Waals surface area contributed by atoms with Gasteiger partial charge in [-0.1, -0.05) is 19.4 Å². The zero-order valence-electron chi connectivity index (χ0n) is 14.8. The highest BCUT2D eigenvalue weighted by Crippen LogP contribution is 2.69. The minimum Gasteiger partial charge on any atom is -0.295 e. The zero-order chi connectivity index (χ0) is 16.5. The van der Waals surface area contributed by atoms with E-state index in [0.29, 0.717) is 11.7 Å². The van der Waals surface area contributed by atoms with Crippen molar-refractivity contribution in [3.05, 3.63) is 11.6 Å². The van der Waals surface area contributed by atoms with Gasteiger partial charge in [0.2, 0.25) is 0 Å². The van der Waals surface area contributed by atoms with Crippen molar-refractivity contribution in [3.8, 4) is 6.07 Å². The summed E-state index contributed by atoms with van der Waals surface area (Å²) in [5.74, 6) is 2.55. The van der Waals surface area contributed by atoms with Crippen molar-refractivity contribution in [3.63, 3.8) is 0 Å². The molecule has 0 aromatic carbocycles. The molecular formula is C21H29NO. The van der Waals surface area contributed by atoms with Gasteiger partial charge in [-0.05, 0) is 86.5 Å². The summed E-state index contributed by atoms with van der Waals surface area (Å²) in [6.45, 7) is 7.05. The largest absolute Gasteiger partial charge is 0.295 e. The Morgan fingerprint density at radius 1 is 1.04 bits per heavy atom. The first-order valence-electron chi connectivity index (χ1n) is 9.49. The van der Waals surface area contributed by atoms with E-state index < -0.39 is 0 Å². The molecule has 2 nitrogen and oxygen atoms in total. The van der Waals surface area contributed by atoms with Crippen LogP contribution in [0.25, 0.3) is 0 Å². The van der Waals surface area contributed by atoms with E-state index in [2.05, 4.69) is 26.8 Å². The van der Waals surface area contributed by atoms with E-state index >= 15 is 0 Å². The van der Waals surface area contributed by atoms with Crippen molar-refractivity contribution in [2.45, 2.75) is 72.1 Å². The van der Waals surface area contributed by atoms with Crippen LogP contribution in [-0.2, 0) is 4.79 Å². The van der Waals surface area contributed by atoms with Crippen LogP contribution in [0.1, 0.15) is 72.1 Å². The number of rotatable bonds is 0. The lowest BCUT2D eigenvalue weighted by atomic mass is 9.45. The second-order valence-electron chi connectivity index (χ2n) is 9.41. The summed E-state index contributed by atoms with van der Waals surface area (Å²) in [4.78, 5) is 11.9. The second kappa shape index (κ2) is 4.71. The Labute approximate surface area is 140 Å². The molecule has 0 N–H and O–H groups in total. The molecule has 0 saturated heterocycles. The number of allylic oxidation sites excluding steroid dienone is 1. The molecule has 0 spiro atoms. The number of ketones is 1. The Hall–Kier alpha value is -1.10. The number of nitrogens with zero attached hydrogens (tertiary/aromatic N) is 1. The number of fused-ring (bicyclic) bond motifs is 5. The molecule has 23 heavy (non-hydrogen) atoms. The zero-order valence-corrected chi connectivity index (χ0v) is 14.8. The molecule has 4 rings (SSSR count). The first-order valence-corrected chi connectivity index (χ1v) is 9.49. The van der Waals surface area contributed by atoms with Crippen LogP contribution >= 0.6 is 0 Å². The molecule has 124 valence electrons. The van der Waals surface area contributed by atoms with Crippen molar-refractivity contribution >= 4 is 5.78 Å². The van der Waals surface area contributed by atoms with Crippen LogP contribution in [0, 0.1) is 45.3 Å². The molecule has 0 aromatic rings. The summed E-state index contributed by atoms with van der Waals surface area (Å²) < 4.78 is 0. The average molecular weight is 311 g/mol. The van der Waals surface area contributed by atoms with Gasteiger partial charge in [-0.25, -0.2) is 0 Å². The van der Waals surface area contributed by atoms with Crippen LogP contribution in [0.15, 0.2) is 11.6 Å². The predicted octanol–water partition coefficient (Wildman–Crippen LogP) is 5.05. The Morgan fingerprint density at radius 3 is 2.52 bits per heavy atom. The van der Waals surface area contributed by atoms with Gasteiger partial charge in [0.25, 0.3) is 0 Å². The maximum absolute atomic E-state index is 11.9. The third-order valence-corrected chi connectivity index (χ3v) is 8.81. The summed E-state index contributed by atoms with van der Waals surface area (Å²) in [5.41, 5.74) is 1.76. The molecular weight excluding hydrogens is 282 g/mol. The van der Waals surface area contributed by atoms with Crippen molar-refractivity contribution in [1.29, 1.82) is 5.26 Å². The molecule has 0 radical (unpaired) electrons. The predicted molar refractivity (Wildman–Crippen MR) is 90.4 cm³/mol. The van der Waals surface area contributed by atoms with Crippen molar-refractivity contribution in [1.82, 2.24) is 0 Å². The molecule has 0 aromatic heterocycles. The molecule has 0 bridgehead atoms. The molecule has 4 aliphatic rings. The lowest BCUT2D eigenvalue weighted by Crippen LogP contribution is -2.51. The smallest absolute Gasteiger partial charge is 0.155 e. The van der Waals surface area contributed by atoms with E-state index in [1.165, 1.54) is 31.3 Å². The van der Waals surface area contributed by atoms with Crippen LogP contribution in [0.5, 0.6) is 0 Å². The van der Waals surface area contributed by atoms with E-state index in [0.717, 1.165) is 37.5 Å². The molecule has 2 heteroatoms. The van der Waals surface area contributed by atoms with Crippen molar-refractivity contribution in [2.75, 3.05) is 0 Å². The fourth-order valence-corrected chi connectivity index (χ4v) is 7.01. The highest BCUT2D eigenvalue weighted by Gasteiger charge is 2.62. The standard InChI is InChI=1S/C21H29NO/c1-19(13-22)9-7-18-16-5-4-14-12-15(23)6-10-20(14,2)17(16)8-11-21(18,19)3/h12,16-18H,4-11H2,1-3H3/t16-,17+,18+,19-,20+,21+/m1/s1. The quantitative estimate of drug-likeness (QED) is 0.628. The minimum absolute atomic E-state index is 0.137. The average Bonchev–Trinajstić information content (AvgIpc) is 2.80. The summed E-state index contributed by atoms with van der Waals surface area (Å²) in [6.07, 6.45) is 10.9. The molecule has 3 fully saturated rings. The van der Waals surface area contributed by atoms with Crippen LogP contribution < -0.4 is 0 Å². The molecule has 0 unspecified atom stereocenters. The van der Waals surface area contributed by atoms with E-state index in [4.69, 9.17) is 0 Å². The number of carbonyl (C=O) groups excluding carboxylic acids is 1. The van der Waals surface area contributed by atoms with Gasteiger partial charge >= 0.3 is 0 Å². The Balaban J connectivity index is 1.70. The van der Waals surface area contributed by atoms with Gasteiger partial charge in [-0.3, -0.25) is 4.79 Å². The van der Waals surface area contributed by atoms with Gasteiger partial charge in [-0.2, -0.15) is 5.26 Å². The third kappa shape index (κ3) is 1.83. The third-order valence-electron chi connectivity index (χ3n) is 8.81. The van der Waals surface area contributed by atoms with Gasteiger partial charge < -0.3 is 0 Å².